The average molecular weight is 229 g/mol. The van der Waals surface area contributed by atoms with Crippen molar-refractivity contribution in [3.63, 3.8) is 0 Å². The van der Waals surface area contributed by atoms with Gasteiger partial charge in [0.2, 0.25) is 0 Å². The van der Waals surface area contributed by atoms with Crippen LogP contribution in [0.25, 0.3) is 10.8 Å². The number of benzene rings is 2. The summed E-state index contributed by atoms with van der Waals surface area (Å²) in [6.45, 7) is 0.853. The predicted molar refractivity (Wildman–Crippen MR) is 69.5 cm³/mol. The molecule has 0 unspecified atom stereocenters. The zero-order valence-corrected chi connectivity index (χ0v) is 9.50. The van der Waals surface area contributed by atoms with Crippen molar-refractivity contribution < 1.29 is 5.11 Å². The monoisotopic (exact) mass is 229 g/mol. The van der Waals surface area contributed by atoms with E-state index in [0.717, 1.165) is 33.7 Å². The van der Waals surface area contributed by atoms with Crippen LogP contribution in [0.15, 0.2) is 41.4 Å². The zero-order chi connectivity index (χ0) is 11.0. The Hall–Kier alpha value is -1.48. The molecule has 0 saturated carbocycles. The van der Waals surface area contributed by atoms with Crippen molar-refractivity contribution in [1.29, 1.82) is 0 Å². The SMILES string of the molecule is Oc1c(C2=NCCS2)ccc2ccccc12. The smallest absolute Gasteiger partial charge is 0.133 e. The molecule has 3 heteroatoms. The molecule has 3 rings (SSSR count). The van der Waals surface area contributed by atoms with E-state index in [9.17, 15) is 5.11 Å². The van der Waals surface area contributed by atoms with Crippen molar-refractivity contribution >= 4 is 27.6 Å². The van der Waals surface area contributed by atoms with Crippen LogP contribution in [0.5, 0.6) is 5.75 Å². The number of hydrogen-bond donors (Lipinski definition) is 1. The van der Waals surface area contributed by atoms with E-state index in [1.807, 2.05) is 36.4 Å². The summed E-state index contributed by atoms with van der Waals surface area (Å²) in [5, 5.41) is 13.1. The van der Waals surface area contributed by atoms with Gasteiger partial charge in [0, 0.05) is 23.2 Å². The molecule has 0 atom stereocenters. The number of phenolic OH excluding ortho intramolecular Hbond substituents is 1. The second kappa shape index (κ2) is 3.83. The molecule has 0 radical (unpaired) electrons. The largest absolute Gasteiger partial charge is 0.507 e. The molecule has 16 heavy (non-hydrogen) atoms. The second-order valence-corrected chi connectivity index (χ2v) is 4.80. The number of nitrogens with zero attached hydrogens (tertiary/aromatic N) is 1. The van der Waals surface area contributed by atoms with Gasteiger partial charge in [-0.15, -0.1) is 11.8 Å². The van der Waals surface area contributed by atoms with Crippen LogP contribution in [0, 0.1) is 0 Å². The molecule has 0 fully saturated rings. The van der Waals surface area contributed by atoms with Gasteiger partial charge < -0.3 is 5.11 Å². The summed E-state index contributed by atoms with van der Waals surface area (Å²) in [7, 11) is 0. The molecule has 1 aliphatic rings. The molecule has 0 aromatic heterocycles. The van der Waals surface area contributed by atoms with E-state index in [0.29, 0.717) is 5.75 Å². The van der Waals surface area contributed by atoms with E-state index in [-0.39, 0.29) is 0 Å². The Bertz CT molecular complexity index is 577. The van der Waals surface area contributed by atoms with Crippen LogP contribution < -0.4 is 0 Å². The Balaban J connectivity index is 2.23. The van der Waals surface area contributed by atoms with Gasteiger partial charge in [0.1, 0.15) is 10.8 Å². The van der Waals surface area contributed by atoms with Gasteiger partial charge in [0.05, 0.1) is 0 Å². The fraction of sp³-hybridized carbons (Fsp3) is 0.154. The van der Waals surface area contributed by atoms with Crippen LogP contribution in [-0.2, 0) is 0 Å². The van der Waals surface area contributed by atoms with Crippen molar-refractivity contribution in [3.05, 3.63) is 42.0 Å². The molecular formula is C13H11NOS. The lowest BCUT2D eigenvalue weighted by molar-refractivity contribution is 0.481. The number of rotatable bonds is 1. The van der Waals surface area contributed by atoms with Crippen molar-refractivity contribution in [2.24, 2.45) is 4.99 Å². The first-order chi connectivity index (χ1) is 7.86. The van der Waals surface area contributed by atoms with Gasteiger partial charge in [-0.1, -0.05) is 30.3 Å². The Morgan fingerprint density at radius 3 is 2.81 bits per heavy atom. The number of thioether (sulfide) groups is 1. The molecule has 1 aliphatic heterocycles. The normalized spacial score (nSPS) is 15.4. The average Bonchev–Trinajstić information content (AvgIpc) is 2.83. The second-order valence-electron chi connectivity index (χ2n) is 3.72. The summed E-state index contributed by atoms with van der Waals surface area (Å²) in [4.78, 5) is 4.39. The maximum Gasteiger partial charge on any atom is 0.133 e. The van der Waals surface area contributed by atoms with E-state index in [4.69, 9.17) is 0 Å². The maximum absolute atomic E-state index is 10.2. The van der Waals surface area contributed by atoms with Crippen LogP contribution in [-0.4, -0.2) is 22.4 Å². The van der Waals surface area contributed by atoms with Crippen molar-refractivity contribution in [3.8, 4) is 5.75 Å². The molecule has 0 saturated heterocycles. The summed E-state index contributed by atoms with van der Waals surface area (Å²) >= 11 is 1.71. The molecule has 0 spiro atoms. The highest BCUT2D eigenvalue weighted by Crippen LogP contribution is 2.32. The summed E-state index contributed by atoms with van der Waals surface area (Å²) < 4.78 is 0. The highest BCUT2D eigenvalue weighted by Gasteiger charge is 2.15. The minimum absolute atomic E-state index is 0.353. The summed E-state index contributed by atoms with van der Waals surface area (Å²) in [5.74, 6) is 1.37. The highest BCUT2D eigenvalue weighted by atomic mass is 32.2. The lowest BCUT2D eigenvalue weighted by Gasteiger charge is -2.07. The summed E-state index contributed by atoms with van der Waals surface area (Å²) in [6, 6.07) is 11.8. The molecule has 0 amide bonds. The van der Waals surface area contributed by atoms with Gasteiger partial charge >= 0.3 is 0 Å². The van der Waals surface area contributed by atoms with Crippen LogP contribution in [0.4, 0.5) is 0 Å². The minimum Gasteiger partial charge on any atom is -0.507 e. The molecule has 1 heterocycles. The number of aromatic hydroxyl groups is 1. The fourth-order valence-electron chi connectivity index (χ4n) is 1.93. The third-order valence-corrected chi connectivity index (χ3v) is 3.73. The first-order valence-electron chi connectivity index (χ1n) is 5.24. The van der Waals surface area contributed by atoms with Crippen molar-refractivity contribution in [2.75, 3.05) is 12.3 Å². The Morgan fingerprint density at radius 2 is 2.00 bits per heavy atom. The van der Waals surface area contributed by atoms with Gasteiger partial charge in [-0.25, -0.2) is 0 Å². The third kappa shape index (κ3) is 1.48. The van der Waals surface area contributed by atoms with E-state index >= 15 is 0 Å². The minimum atomic E-state index is 0.353. The van der Waals surface area contributed by atoms with Crippen LogP contribution in [0.1, 0.15) is 5.56 Å². The first-order valence-corrected chi connectivity index (χ1v) is 6.23. The molecule has 0 bridgehead atoms. The fourth-order valence-corrected chi connectivity index (χ4v) is 2.80. The standard InChI is InChI=1S/C13H11NOS/c15-12-10-4-2-1-3-9(10)5-6-11(12)13-14-7-8-16-13/h1-6,15H,7-8H2. The quantitative estimate of drug-likeness (QED) is 0.815. The highest BCUT2D eigenvalue weighted by molar-refractivity contribution is 8.14. The van der Waals surface area contributed by atoms with Gasteiger partial charge in [0.25, 0.3) is 0 Å². The number of phenols is 1. The lowest BCUT2D eigenvalue weighted by atomic mass is 10.1. The van der Waals surface area contributed by atoms with Gasteiger partial charge in [0.15, 0.2) is 0 Å². The van der Waals surface area contributed by atoms with Gasteiger partial charge in [-0.3, -0.25) is 4.99 Å². The number of hydrogen-bond acceptors (Lipinski definition) is 3. The predicted octanol–water partition coefficient (Wildman–Crippen LogP) is 3.04. The topological polar surface area (TPSA) is 32.6 Å². The van der Waals surface area contributed by atoms with E-state index in [2.05, 4.69) is 4.99 Å². The summed E-state index contributed by atoms with van der Waals surface area (Å²) in [5.41, 5.74) is 0.862. The molecule has 80 valence electrons. The molecule has 0 aliphatic carbocycles. The number of aliphatic imine (C=N–C) groups is 1. The molecule has 1 N–H and O–H groups in total. The van der Waals surface area contributed by atoms with E-state index < -0.39 is 0 Å². The zero-order valence-electron chi connectivity index (χ0n) is 8.68. The molecule has 2 nitrogen and oxygen atoms in total. The maximum atomic E-state index is 10.2. The van der Waals surface area contributed by atoms with Gasteiger partial charge in [-0.2, -0.15) is 0 Å². The Kier molecular flexibility index (Phi) is 2.33. The number of fused-ring (bicyclic) bond motifs is 1. The Morgan fingerprint density at radius 1 is 1.12 bits per heavy atom. The van der Waals surface area contributed by atoms with E-state index in [1.54, 1.807) is 11.8 Å². The third-order valence-electron chi connectivity index (χ3n) is 2.72. The van der Waals surface area contributed by atoms with Crippen molar-refractivity contribution in [2.45, 2.75) is 0 Å². The molecule has 2 aromatic carbocycles. The van der Waals surface area contributed by atoms with Crippen LogP contribution in [0.2, 0.25) is 0 Å². The van der Waals surface area contributed by atoms with Gasteiger partial charge in [-0.05, 0) is 11.5 Å². The van der Waals surface area contributed by atoms with Crippen LogP contribution in [0.3, 0.4) is 0 Å². The summed E-state index contributed by atoms with van der Waals surface area (Å²) in [6.07, 6.45) is 0. The Labute approximate surface area is 98.0 Å². The van der Waals surface area contributed by atoms with Crippen LogP contribution >= 0.6 is 11.8 Å². The first kappa shape index (κ1) is 9.73. The molecular weight excluding hydrogens is 218 g/mol. The lowest BCUT2D eigenvalue weighted by Crippen LogP contribution is -1.92. The molecule has 2 aromatic rings. The van der Waals surface area contributed by atoms with Crippen molar-refractivity contribution in [1.82, 2.24) is 0 Å². The van der Waals surface area contributed by atoms with E-state index in [1.165, 1.54) is 0 Å².